The smallest absolute Gasteiger partial charge is 0.00459 e. The molecule has 1 saturated carbocycles. The van der Waals surface area contributed by atoms with Gasteiger partial charge in [0.25, 0.3) is 0 Å². The molecule has 1 aliphatic heterocycles. The van der Waals surface area contributed by atoms with E-state index in [0.29, 0.717) is 5.41 Å². The highest BCUT2D eigenvalue weighted by Gasteiger charge is 2.34. The number of hydrogen-bond donors (Lipinski definition) is 1. The first-order chi connectivity index (χ1) is 7.24. The van der Waals surface area contributed by atoms with Gasteiger partial charge < -0.3 is 4.90 Å². The quantitative estimate of drug-likeness (QED) is 0.725. The molecule has 0 spiro atoms. The SMILES string of the molecule is CC1CCCN(CC2(CS)CCCC2)C1. The van der Waals surface area contributed by atoms with E-state index in [4.69, 9.17) is 0 Å². The van der Waals surface area contributed by atoms with Crippen molar-refractivity contribution in [2.75, 3.05) is 25.4 Å². The molecule has 0 bridgehead atoms. The van der Waals surface area contributed by atoms with Gasteiger partial charge in [0.15, 0.2) is 0 Å². The summed E-state index contributed by atoms with van der Waals surface area (Å²) in [4.78, 5) is 2.70. The summed E-state index contributed by atoms with van der Waals surface area (Å²) in [5.41, 5.74) is 0.570. The van der Waals surface area contributed by atoms with Gasteiger partial charge in [-0.3, -0.25) is 0 Å². The third-order valence-electron chi connectivity index (χ3n) is 4.30. The van der Waals surface area contributed by atoms with Crippen LogP contribution in [0, 0.1) is 11.3 Å². The summed E-state index contributed by atoms with van der Waals surface area (Å²) in [6.45, 7) is 6.38. The maximum Gasteiger partial charge on any atom is 0.00459 e. The van der Waals surface area contributed by atoms with Gasteiger partial charge in [0, 0.05) is 13.1 Å². The summed E-state index contributed by atoms with van der Waals surface area (Å²) >= 11 is 4.60. The lowest BCUT2D eigenvalue weighted by Crippen LogP contribution is -2.42. The molecule has 0 amide bonds. The van der Waals surface area contributed by atoms with Gasteiger partial charge in [0.05, 0.1) is 0 Å². The van der Waals surface area contributed by atoms with E-state index >= 15 is 0 Å². The number of hydrogen-bond acceptors (Lipinski definition) is 2. The average Bonchev–Trinajstić information content (AvgIpc) is 2.67. The molecule has 0 aromatic rings. The van der Waals surface area contributed by atoms with E-state index in [2.05, 4.69) is 24.5 Å². The van der Waals surface area contributed by atoms with Crippen molar-refractivity contribution >= 4 is 12.6 Å². The van der Waals surface area contributed by atoms with Crippen LogP contribution in [0.15, 0.2) is 0 Å². The molecular formula is C13H25NS. The van der Waals surface area contributed by atoms with Crippen LogP contribution in [0.3, 0.4) is 0 Å². The lowest BCUT2D eigenvalue weighted by atomic mass is 9.86. The van der Waals surface area contributed by atoms with Crippen molar-refractivity contribution in [1.82, 2.24) is 4.90 Å². The van der Waals surface area contributed by atoms with E-state index in [0.717, 1.165) is 11.7 Å². The number of nitrogens with zero attached hydrogens (tertiary/aromatic N) is 1. The van der Waals surface area contributed by atoms with Gasteiger partial charge in [-0.2, -0.15) is 12.6 Å². The second-order valence-corrected chi connectivity index (χ2v) is 6.16. The summed E-state index contributed by atoms with van der Waals surface area (Å²) in [7, 11) is 0. The van der Waals surface area contributed by atoms with Crippen molar-refractivity contribution in [2.24, 2.45) is 11.3 Å². The summed E-state index contributed by atoms with van der Waals surface area (Å²) in [5.74, 6) is 2.01. The van der Waals surface area contributed by atoms with Crippen LogP contribution in [-0.4, -0.2) is 30.3 Å². The summed E-state index contributed by atoms with van der Waals surface area (Å²) < 4.78 is 0. The second kappa shape index (κ2) is 5.09. The largest absolute Gasteiger partial charge is 0.302 e. The maximum atomic E-state index is 4.60. The number of likely N-dealkylation sites (tertiary alicyclic amines) is 1. The van der Waals surface area contributed by atoms with Gasteiger partial charge in [0.2, 0.25) is 0 Å². The normalized spacial score (nSPS) is 32.0. The molecule has 0 N–H and O–H groups in total. The van der Waals surface area contributed by atoms with Crippen molar-refractivity contribution in [3.63, 3.8) is 0 Å². The molecule has 15 heavy (non-hydrogen) atoms. The minimum Gasteiger partial charge on any atom is -0.302 e. The Morgan fingerprint density at radius 3 is 2.60 bits per heavy atom. The zero-order valence-corrected chi connectivity index (χ0v) is 10.9. The van der Waals surface area contributed by atoms with Crippen LogP contribution >= 0.6 is 12.6 Å². The molecule has 0 aromatic heterocycles. The first kappa shape index (κ1) is 11.8. The Labute approximate surface area is 100 Å². The Hall–Kier alpha value is 0.310. The van der Waals surface area contributed by atoms with Crippen LogP contribution in [0.2, 0.25) is 0 Å². The van der Waals surface area contributed by atoms with E-state index in [1.54, 1.807) is 0 Å². The molecule has 1 aliphatic carbocycles. The fourth-order valence-corrected chi connectivity index (χ4v) is 3.81. The number of piperidine rings is 1. The van der Waals surface area contributed by atoms with Crippen molar-refractivity contribution in [3.05, 3.63) is 0 Å². The molecule has 2 rings (SSSR count). The fraction of sp³-hybridized carbons (Fsp3) is 1.00. The Balaban J connectivity index is 1.88. The zero-order valence-electron chi connectivity index (χ0n) is 10.0. The minimum atomic E-state index is 0.570. The van der Waals surface area contributed by atoms with Crippen molar-refractivity contribution in [3.8, 4) is 0 Å². The Morgan fingerprint density at radius 2 is 2.00 bits per heavy atom. The Morgan fingerprint density at radius 1 is 1.27 bits per heavy atom. The molecule has 0 aromatic carbocycles. The van der Waals surface area contributed by atoms with Gasteiger partial charge in [-0.25, -0.2) is 0 Å². The number of thiol groups is 1. The molecule has 2 heteroatoms. The summed E-state index contributed by atoms with van der Waals surface area (Å²) in [6.07, 6.45) is 8.55. The molecule has 1 atom stereocenters. The Bertz CT molecular complexity index is 199. The molecule has 1 saturated heterocycles. The molecule has 1 unspecified atom stereocenters. The van der Waals surface area contributed by atoms with Crippen LogP contribution < -0.4 is 0 Å². The minimum absolute atomic E-state index is 0.570. The number of rotatable bonds is 3. The molecule has 1 heterocycles. The first-order valence-corrected chi connectivity index (χ1v) is 7.21. The molecule has 0 radical (unpaired) electrons. The first-order valence-electron chi connectivity index (χ1n) is 6.57. The van der Waals surface area contributed by atoms with Gasteiger partial charge in [-0.05, 0) is 49.3 Å². The molecular weight excluding hydrogens is 202 g/mol. The average molecular weight is 227 g/mol. The van der Waals surface area contributed by atoms with E-state index in [1.165, 1.54) is 58.2 Å². The summed E-state index contributed by atoms with van der Waals surface area (Å²) in [5, 5.41) is 0. The van der Waals surface area contributed by atoms with Crippen molar-refractivity contribution < 1.29 is 0 Å². The van der Waals surface area contributed by atoms with Gasteiger partial charge >= 0.3 is 0 Å². The molecule has 88 valence electrons. The van der Waals surface area contributed by atoms with Crippen molar-refractivity contribution in [1.29, 1.82) is 0 Å². The molecule has 2 aliphatic rings. The second-order valence-electron chi connectivity index (χ2n) is 5.85. The van der Waals surface area contributed by atoms with E-state index in [-0.39, 0.29) is 0 Å². The third-order valence-corrected chi connectivity index (χ3v) is 4.97. The lowest BCUT2D eigenvalue weighted by molar-refractivity contribution is 0.122. The monoisotopic (exact) mass is 227 g/mol. The van der Waals surface area contributed by atoms with E-state index in [1.807, 2.05) is 0 Å². The highest BCUT2D eigenvalue weighted by Crippen LogP contribution is 2.40. The van der Waals surface area contributed by atoms with Crippen LogP contribution in [0.5, 0.6) is 0 Å². The van der Waals surface area contributed by atoms with Gasteiger partial charge in [-0.1, -0.05) is 19.8 Å². The summed E-state index contributed by atoms with van der Waals surface area (Å²) in [6, 6.07) is 0. The van der Waals surface area contributed by atoms with Crippen molar-refractivity contribution in [2.45, 2.75) is 45.4 Å². The molecule has 2 fully saturated rings. The fourth-order valence-electron chi connectivity index (χ4n) is 3.40. The highest BCUT2D eigenvalue weighted by molar-refractivity contribution is 7.80. The predicted octanol–water partition coefficient (Wildman–Crippen LogP) is 3.21. The van der Waals surface area contributed by atoms with Crippen LogP contribution in [-0.2, 0) is 0 Å². The topological polar surface area (TPSA) is 3.24 Å². The maximum absolute atomic E-state index is 4.60. The lowest BCUT2D eigenvalue weighted by Gasteiger charge is -2.38. The van der Waals surface area contributed by atoms with E-state index in [9.17, 15) is 0 Å². The van der Waals surface area contributed by atoms with Crippen LogP contribution in [0.25, 0.3) is 0 Å². The predicted molar refractivity (Wildman–Crippen MR) is 69.6 cm³/mol. The Kier molecular flexibility index (Phi) is 4.00. The van der Waals surface area contributed by atoms with Crippen LogP contribution in [0.4, 0.5) is 0 Å². The third kappa shape index (κ3) is 2.91. The molecule has 1 nitrogen and oxygen atoms in total. The van der Waals surface area contributed by atoms with Gasteiger partial charge in [-0.15, -0.1) is 0 Å². The van der Waals surface area contributed by atoms with Crippen LogP contribution in [0.1, 0.15) is 45.4 Å². The van der Waals surface area contributed by atoms with E-state index < -0.39 is 0 Å². The van der Waals surface area contributed by atoms with Gasteiger partial charge in [0.1, 0.15) is 0 Å². The standard InChI is InChI=1S/C13H25NS/c1-12-5-4-8-14(9-12)10-13(11-15)6-2-3-7-13/h12,15H,2-11H2,1H3. The highest BCUT2D eigenvalue weighted by atomic mass is 32.1. The zero-order chi connectivity index (χ0) is 10.7.